The van der Waals surface area contributed by atoms with E-state index in [0.717, 1.165) is 19.4 Å². The molecule has 1 heterocycles. The maximum Gasteiger partial charge on any atom is 0.323 e. The molecule has 0 aliphatic carbocycles. The fourth-order valence-electron chi connectivity index (χ4n) is 1.31. The predicted molar refractivity (Wildman–Crippen MR) is 49.6 cm³/mol. The van der Waals surface area contributed by atoms with Gasteiger partial charge in [-0.2, -0.15) is 0 Å². The minimum Gasteiger partial charge on any atom is -0.462 e. The van der Waals surface area contributed by atoms with E-state index in [1.54, 1.807) is 0 Å². The number of nitrogens with two attached hydrogens (primary N) is 1. The molecular weight excluding hydrogens is 186 g/mol. The third kappa shape index (κ3) is 3.61. The molecule has 2 unspecified atom stereocenters. The van der Waals surface area contributed by atoms with Crippen LogP contribution in [0.5, 0.6) is 0 Å². The predicted octanol–water partition coefficient (Wildman–Crippen LogP) is -0.582. The summed E-state index contributed by atoms with van der Waals surface area (Å²) in [6.07, 6.45) is 2.22. The van der Waals surface area contributed by atoms with Crippen molar-refractivity contribution in [3.63, 3.8) is 0 Å². The molecule has 1 fully saturated rings. The van der Waals surface area contributed by atoms with E-state index in [1.165, 1.54) is 0 Å². The van der Waals surface area contributed by atoms with Crippen molar-refractivity contribution in [2.24, 2.45) is 5.73 Å². The topological polar surface area (TPSA) is 81.8 Å². The van der Waals surface area contributed by atoms with Gasteiger partial charge in [0.15, 0.2) is 0 Å². The monoisotopic (exact) mass is 203 g/mol. The minimum atomic E-state index is -0.721. The maximum absolute atomic E-state index is 11.2. The lowest BCUT2D eigenvalue weighted by molar-refractivity contribution is -0.148. The van der Waals surface area contributed by atoms with E-state index >= 15 is 0 Å². The first-order chi connectivity index (χ1) is 6.74. The largest absolute Gasteiger partial charge is 0.462 e. The van der Waals surface area contributed by atoms with Crippen LogP contribution in [0.3, 0.4) is 0 Å². The van der Waals surface area contributed by atoms with Gasteiger partial charge in [0.2, 0.25) is 0 Å². The smallest absolute Gasteiger partial charge is 0.323 e. The zero-order chi connectivity index (χ0) is 10.4. The number of carbonyl (C=O) groups is 1. The third-order valence-corrected chi connectivity index (χ3v) is 2.18. The van der Waals surface area contributed by atoms with E-state index < -0.39 is 12.0 Å². The molecule has 1 rings (SSSR count). The van der Waals surface area contributed by atoms with Crippen LogP contribution in [0.15, 0.2) is 0 Å². The summed E-state index contributed by atoms with van der Waals surface area (Å²) in [4.78, 5) is 11.2. The van der Waals surface area contributed by atoms with Crippen molar-refractivity contribution in [3.8, 4) is 0 Å². The second-order valence-electron chi connectivity index (χ2n) is 3.38. The highest BCUT2D eigenvalue weighted by Crippen LogP contribution is 2.12. The van der Waals surface area contributed by atoms with E-state index in [1.807, 2.05) is 0 Å². The Morgan fingerprint density at radius 2 is 2.50 bits per heavy atom. The Balaban J connectivity index is 2.13. The number of hydrogen-bond donors (Lipinski definition) is 2. The normalized spacial score (nSPS) is 23.4. The number of aliphatic hydroxyl groups excluding tert-OH is 1. The number of aliphatic hydroxyl groups is 1. The zero-order valence-electron chi connectivity index (χ0n) is 8.15. The zero-order valence-corrected chi connectivity index (χ0v) is 8.15. The molecule has 1 aliphatic rings. The molecule has 0 aromatic heterocycles. The molecule has 2 atom stereocenters. The van der Waals surface area contributed by atoms with Crippen molar-refractivity contribution < 1.29 is 19.4 Å². The molecule has 0 spiro atoms. The summed E-state index contributed by atoms with van der Waals surface area (Å²) in [5, 5.41) is 8.55. The van der Waals surface area contributed by atoms with Crippen LogP contribution < -0.4 is 5.73 Å². The third-order valence-electron chi connectivity index (χ3n) is 2.18. The lowest BCUT2D eigenvalue weighted by atomic mass is 10.2. The molecule has 5 heteroatoms. The highest BCUT2D eigenvalue weighted by Gasteiger charge is 2.20. The van der Waals surface area contributed by atoms with Gasteiger partial charge in [0, 0.05) is 13.2 Å². The summed E-state index contributed by atoms with van der Waals surface area (Å²) in [5.74, 6) is -0.463. The average Bonchev–Trinajstić information content (AvgIpc) is 2.67. The fourth-order valence-corrected chi connectivity index (χ4v) is 1.31. The Kier molecular flexibility index (Phi) is 4.86. The minimum absolute atomic E-state index is 0.0280. The van der Waals surface area contributed by atoms with E-state index in [9.17, 15) is 4.79 Å². The number of carbonyl (C=O) groups excluding carboxylic acids is 1. The summed E-state index contributed by atoms with van der Waals surface area (Å²) in [7, 11) is 0. The van der Waals surface area contributed by atoms with Gasteiger partial charge >= 0.3 is 5.97 Å². The molecule has 1 aliphatic heterocycles. The Labute approximate surface area is 83.2 Å². The van der Waals surface area contributed by atoms with Crippen LogP contribution in [-0.2, 0) is 14.3 Å². The molecular formula is C9H17NO4. The fraction of sp³-hybridized carbons (Fsp3) is 0.889. The van der Waals surface area contributed by atoms with Gasteiger partial charge in [0.25, 0.3) is 0 Å². The van der Waals surface area contributed by atoms with Crippen molar-refractivity contribution in [1.82, 2.24) is 0 Å². The molecule has 5 nitrogen and oxygen atoms in total. The number of esters is 1. The van der Waals surface area contributed by atoms with E-state index in [-0.39, 0.29) is 25.7 Å². The Morgan fingerprint density at radius 1 is 1.71 bits per heavy atom. The number of hydrogen-bond acceptors (Lipinski definition) is 5. The molecule has 1 saturated heterocycles. The van der Waals surface area contributed by atoms with Gasteiger partial charge in [0.05, 0.1) is 6.10 Å². The molecule has 82 valence electrons. The van der Waals surface area contributed by atoms with E-state index in [0.29, 0.717) is 0 Å². The number of rotatable bonds is 5. The van der Waals surface area contributed by atoms with Gasteiger partial charge in [-0.3, -0.25) is 4.79 Å². The van der Waals surface area contributed by atoms with Crippen LogP contribution in [-0.4, -0.2) is 43.0 Å². The van der Waals surface area contributed by atoms with Crippen molar-refractivity contribution >= 4 is 5.97 Å². The van der Waals surface area contributed by atoms with Crippen molar-refractivity contribution in [2.45, 2.75) is 31.4 Å². The highest BCUT2D eigenvalue weighted by molar-refractivity contribution is 5.75. The Hall–Kier alpha value is -0.650. The van der Waals surface area contributed by atoms with Gasteiger partial charge in [0.1, 0.15) is 12.6 Å². The molecule has 14 heavy (non-hydrogen) atoms. The summed E-state index contributed by atoms with van der Waals surface area (Å²) < 4.78 is 10.2. The lowest BCUT2D eigenvalue weighted by Gasteiger charge is -2.13. The Bertz CT molecular complexity index is 180. The lowest BCUT2D eigenvalue weighted by Crippen LogP contribution is -2.34. The SMILES string of the molecule is NC(CCO)C(=O)OCC1CCCO1. The summed E-state index contributed by atoms with van der Waals surface area (Å²) in [5.41, 5.74) is 5.44. The first-order valence-corrected chi connectivity index (χ1v) is 4.88. The molecule has 0 aromatic rings. The van der Waals surface area contributed by atoms with Gasteiger partial charge in [-0.15, -0.1) is 0 Å². The average molecular weight is 203 g/mol. The van der Waals surface area contributed by atoms with Gasteiger partial charge < -0.3 is 20.3 Å². The van der Waals surface area contributed by atoms with Crippen LogP contribution in [0, 0.1) is 0 Å². The first-order valence-electron chi connectivity index (χ1n) is 4.88. The van der Waals surface area contributed by atoms with E-state index in [4.69, 9.17) is 20.3 Å². The van der Waals surface area contributed by atoms with Crippen LogP contribution in [0.2, 0.25) is 0 Å². The maximum atomic E-state index is 11.2. The van der Waals surface area contributed by atoms with Crippen LogP contribution in [0.4, 0.5) is 0 Å². The molecule has 0 saturated carbocycles. The number of ether oxygens (including phenoxy) is 2. The molecule has 0 radical (unpaired) electrons. The van der Waals surface area contributed by atoms with Crippen molar-refractivity contribution in [2.75, 3.05) is 19.8 Å². The van der Waals surface area contributed by atoms with Crippen LogP contribution in [0.25, 0.3) is 0 Å². The highest BCUT2D eigenvalue weighted by atomic mass is 16.6. The van der Waals surface area contributed by atoms with Crippen molar-refractivity contribution in [3.05, 3.63) is 0 Å². The van der Waals surface area contributed by atoms with Crippen molar-refractivity contribution in [1.29, 1.82) is 0 Å². The molecule has 0 aromatic carbocycles. The summed E-state index contributed by atoms with van der Waals surface area (Å²) >= 11 is 0. The summed E-state index contributed by atoms with van der Waals surface area (Å²) in [6.45, 7) is 0.916. The quantitative estimate of drug-likeness (QED) is 0.584. The Morgan fingerprint density at radius 3 is 3.07 bits per heavy atom. The van der Waals surface area contributed by atoms with E-state index in [2.05, 4.69) is 0 Å². The molecule has 0 amide bonds. The standard InChI is InChI=1S/C9H17NO4/c10-8(3-4-11)9(12)14-6-7-2-1-5-13-7/h7-8,11H,1-6,10H2. The van der Waals surface area contributed by atoms with Gasteiger partial charge in [-0.1, -0.05) is 0 Å². The second-order valence-corrected chi connectivity index (χ2v) is 3.38. The molecule has 0 bridgehead atoms. The first kappa shape index (κ1) is 11.4. The molecule has 3 N–H and O–H groups in total. The summed E-state index contributed by atoms with van der Waals surface area (Å²) in [6, 6.07) is -0.721. The van der Waals surface area contributed by atoms with Crippen LogP contribution in [0.1, 0.15) is 19.3 Å². The van der Waals surface area contributed by atoms with Gasteiger partial charge in [-0.05, 0) is 19.3 Å². The second kappa shape index (κ2) is 5.95. The van der Waals surface area contributed by atoms with Crippen LogP contribution >= 0.6 is 0 Å². The van der Waals surface area contributed by atoms with Gasteiger partial charge in [-0.25, -0.2) is 0 Å².